The van der Waals surface area contributed by atoms with Crippen LogP contribution in [0, 0.1) is 6.92 Å². The van der Waals surface area contributed by atoms with Crippen LogP contribution in [0.3, 0.4) is 0 Å². The first-order chi connectivity index (χ1) is 16.0. The van der Waals surface area contributed by atoms with Crippen molar-refractivity contribution in [1.82, 2.24) is 24.2 Å². The number of ether oxygens (including phenoxy) is 1. The number of fused-ring (bicyclic) bond motifs is 1. The largest absolute Gasteiger partial charge is 0.496 e. The molecule has 0 atom stereocenters. The average Bonchev–Trinajstić information content (AvgIpc) is 3.47. The number of carbonyl (C=O) groups excluding carboxylic acids is 1. The van der Waals surface area contributed by atoms with Gasteiger partial charge in [0.1, 0.15) is 5.75 Å². The lowest BCUT2D eigenvalue weighted by atomic mass is 10.0. The van der Waals surface area contributed by atoms with Gasteiger partial charge in [0.25, 0.3) is 0 Å². The van der Waals surface area contributed by atoms with Crippen LogP contribution in [0.5, 0.6) is 5.75 Å². The summed E-state index contributed by atoms with van der Waals surface area (Å²) < 4.78 is 8.91. The van der Waals surface area contributed by atoms with Gasteiger partial charge in [-0.15, -0.1) is 0 Å². The second kappa shape index (κ2) is 8.50. The summed E-state index contributed by atoms with van der Waals surface area (Å²) in [6, 6.07) is 13.1. The van der Waals surface area contributed by atoms with Crippen molar-refractivity contribution in [3.05, 3.63) is 70.9 Å². The van der Waals surface area contributed by atoms with Crippen LogP contribution in [0.2, 0.25) is 0 Å². The van der Waals surface area contributed by atoms with Crippen molar-refractivity contribution in [3.8, 4) is 11.4 Å². The van der Waals surface area contributed by atoms with Gasteiger partial charge in [0, 0.05) is 43.3 Å². The van der Waals surface area contributed by atoms with Crippen LogP contribution in [-0.2, 0) is 0 Å². The maximum Gasteiger partial charge on any atom is 0.326 e. The highest BCUT2D eigenvalue weighted by atomic mass is 16.5. The molecule has 2 aromatic carbocycles. The molecule has 9 heteroatoms. The third-order valence-electron chi connectivity index (χ3n) is 6.26. The fourth-order valence-corrected chi connectivity index (χ4v) is 4.53. The zero-order chi connectivity index (χ0) is 22.9. The minimum Gasteiger partial charge on any atom is -0.496 e. The number of anilines is 1. The van der Waals surface area contributed by atoms with Crippen molar-refractivity contribution in [2.45, 2.75) is 25.8 Å². The van der Waals surface area contributed by atoms with Gasteiger partial charge in [0.2, 0.25) is 0 Å². The van der Waals surface area contributed by atoms with Gasteiger partial charge >= 0.3 is 11.7 Å². The molecule has 0 saturated carbocycles. The Bertz CT molecular complexity index is 1350. The number of para-hydroxylation sites is 1. The van der Waals surface area contributed by atoms with E-state index in [0.29, 0.717) is 31.6 Å². The fraction of sp³-hybridized carbons (Fsp3) is 0.292. The van der Waals surface area contributed by atoms with E-state index in [1.165, 1.54) is 0 Å². The second-order valence-electron chi connectivity index (χ2n) is 8.25. The normalized spacial score (nSPS) is 14.5. The summed E-state index contributed by atoms with van der Waals surface area (Å²) in [4.78, 5) is 30.5. The highest BCUT2D eigenvalue weighted by Gasteiger charge is 2.27. The van der Waals surface area contributed by atoms with E-state index in [4.69, 9.17) is 4.74 Å². The number of amides is 2. The molecule has 2 amide bonds. The van der Waals surface area contributed by atoms with E-state index < -0.39 is 0 Å². The molecular formula is C24H26N6O3. The number of aryl methyl sites for hydroxylation is 1. The summed E-state index contributed by atoms with van der Waals surface area (Å²) in [5.41, 5.74) is 4.01. The number of aromatic amines is 1. The molecule has 170 valence electrons. The first-order valence-electron chi connectivity index (χ1n) is 11.0. The molecule has 2 N–H and O–H groups in total. The van der Waals surface area contributed by atoms with Gasteiger partial charge in [-0.2, -0.15) is 5.10 Å². The number of urea groups is 1. The van der Waals surface area contributed by atoms with Gasteiger partial charge in [-0.25, -0.2) is 14.3 Å². The van der Waals surface area contributed by atoms with Crippen molar-refractivity contribution < 1.29 is 9.53 Å². The molecule has 1 aliphatic heterocycles. The number of imidazole rings is 1. The maximum absolute atomic E-state index is 12.9. The summed E-state index contributed by atoms with van der Waals surface area (Å²) >= 11 is 0. The molecule has 2 aromatic heterocycles. The van der Waals surface area contributed by atoms with Gasteiger partial charge in [-0.3, -0.25) is 4.57 Å². The van der Waals surface area contributed by atoms with E-state index in [1.54, 1.807) is 22.9 Å². The SMILES string of the molecule is COc1cc(NC(=O)N2CCC(n3c(=O)[nH]c4c(-n5cccn5)cccc43)CC2)ccc1C. The number of hydrogen-bond donors (Lipinski definition) is 2. The number of H-pyrrole nitrogens is 1. The standard InChI is InChI=1S/C24H26N6O3/c1-16-7-8-17(15-21(16)33-2)26-23(31)28-13-9-18(10-14-28)30-20-6-3-5-19(22(20)27-24(30)32)29-12-4-11-25-29/h3-8,11-12,15,18H,9-10,13-14H2,1-2H3,(H,26,31)(H,27,32). The first kappa shape index (κ1) is 20.9. The number of hydrogen-bond acceptors (Lipinski definition) is 4. The molecule has 1 fully saturated rings. The summed E-state index contributed by atoms with van der Waals surface area (Å²) in [6.07, 6.45) is 4.96. The number of benzene rings is 2. The maximum atomic E-state index is 12.9. The monoisotopic (exact) mass is 446 g/mol. The Kier molecular flexibility index (Phi) is 5.37. The number of nitrogens with zero attached hydrogens (tertiary/aromatic N) is 4. The van der Waals surface area contributed by atoms with Crippen LogP contribution < -0.4 is 15.7 Å². The Morgan fingerprint density at radius 1 is 1.18 bits per heavy atom. The predicted molar refractivity (Wildman–Crippen MR) is 126 cm³/mol. The predicted octanol–water partition coefficient (Wildman–Crippen LogP) is 3.70. The summed E-state index contributed by atoms with van der Waals surface area (Å²) in [5.74, 6) is 0.736. The van der Waals surface area contributed by atoms with Crippen LogP contribution in [0.15, 0.2) is 59.7 Å². The Labute approximate surface area is 190 Å². The minimum absolute atomic E-state index is 0.0163. The Balaban J connectivity index is 1.31. The topological polar surface area (TPSA) is 97.2 Å². The van der Waals surface area contributed by atoms with E-state index in [9.17, 15) is 9.59 Å². The Morgan fingerprint density at radius 2 is 2.00 bits per heavy atom. The summed E-state index contributed by atoms with van der Waals surface area (Å²) in [7, 11) is 1.61. The van der Waals surface area contributed by atoms with Crippen molar-refractivity contribution >= 4 is 22.8 Å². The molecule has 0 spiro atoms. The number of carbonyl (C=O) groups is 1. The third kappa shape index (κ3) is 3.86. The number of piperidine rings is 1. The van der Waals surface area contributed by atoms with Gasteiger partial charge in [0.05, 0.1) is 23.8 Å². The van der Waals surface area contributed by atoms with Gasteiger partial charge < -0.3 is 19.9 Å². The van der Waals surface area contributed by atoms with Crippen molar-refractivity contribution in [1.29, 1.82) is 0 Å². The van der Waals surface area contributed by atoms with Crippen LogP contribution in [0.4, 0.5) is 10.5 Å². The number of nitrogens with one attached hydrogen (secondary N) is 2. The van der Waals surface area contributed by atoms with Gasteiger partial charge in [0.15, 0.2) is 0 Å². The Morgan fingerprint density at radius 3 is 2.73 bits per heavy atom. The quantitative estimate of drug-likeness (QED) is 0.500. The number of rotatable bonds is 4. The molecule has 0 radical (unpaired) electrons. The van der Waals surface area contributed by atoms with E-state index in [2.05, 4.69) is 15.4 Å². The van der Waals surface area contributed by atoms with E-state index in [0.717, 1.165) is 28.0 Å². The molecule has 1 saturated heterocycles. The summed E-state index contributed by atoms with van der Waals surface area (Å²) in [6.45, 7) is 3.09. The molecule has 3 heterocycles. The third-order valence-corrected chi connectivity index (χ3v) is 6.26. The minimum atomic E-state index is -0.147. The molecule has 0 aliphatic carbocycles. The number of methoxy groups -OCH3 is 1. The second-order valence-corrected chi connectivity index (χ2v) is 8.25. The van der Waals surface area contributed by atoms with E-state index in [1.807, 2.05) is 60.2 Å². The lowest BCUT2D eigenvalue weighted by molar-refractivity contribution is 0.184. The van der Waals surface area contributed by atoms with E-state index in [-0.39, 0.29) is 17.8 Å². The smallest absolute Gasteiger partial charge is 0.326 e. The van der Waals surface area contributed by atoms with Crippen LogP contribution in [0.25, 0.3) is 16.7 Å². The highest BCUT2D eigenvalue weighted by Crippen LogP contribution is 2.28. The molecule has 33 heavy (non-hydrogen) atoms. The van der Waals surface area contributed by atoms with Gasteiger partial charge in [-0.05, 0) is 49.6 Å². The van der Waals surface area contributed by atoms with Crippen molar-refractivity contribution in [2.24, 2.45) is 0 Å². The molecule has 0 bridgehead atoms. The fourth-order valence-electron chi connectivity index (χ4n) is 4.53. The zero-order valence-corrected chi connectivity index (χ0v) is 18.6. The van der Waals surface area contributed by atoms with E-state index >= 15 is 0 Å². The molecule has 9 nitrogen and oxygen atoms in total. The molecule has 1 aliphatic rings. The van der Waals surface area contributed by atoms with Crippen molar-refractivity contribution in [3.63, 3.8) is 0 Å². The van der Waals surface area contributed by atoms with Crippen LogP contribution in [-0.4, -0.2) is 50.5 Å². The average molecular weight is 447 g/mol. The number of aromatic nitrogens is 4. The zero-order valence-electron chi connectivity index (χ0n) is 18.6. The molecular weight excluding hydrogens is 420 g/mol. The lowest BCUT2D eigenvalue weighted by Crippen LogP contribution is -2.42. The first-order valence-corrected chi connectivity index (χ1v) is 11.0. The highest BCUT2D eigenvalue weighted by molar-refractivity contribution is 5.89. The van der Waals surface area contributed by atoms with Crippen LogP contribution >= 0.6 is 0 Å². The van der Waals surface area contributed by atoms with Crippen LogP contribution in [0.1, 0.15) is 24.4 Å². The lowest BCUT2D eigenvalue weighted by Gasteiger charge is -2.32. The molecule has 5 rings (SSSR count). The summed E-state index contributed by atoms with van der Waals surface area (Å²) in [5, 5.41) is 7.24. The Hall–Kier alpha value is -4.01. The number of likely N-dealkylation sites (tertiary alicyclic amines) is 1. The van der Waals surface area contributed by atoms with Crippen molar-refractivity contribution in [2.75, 3.05) is 25.5 Å². The molecule has 0 unspecified atom stereocenters. The van der Waals surface area contributed by atoms with Gasteiger partial charge in [-0.1, -0.05) is 12.1 Å². The molecule has 4 aromatic rings.